The number of amides is 1. The maximum atomic E-state index is 12.9. The number of carboxylic acids is 1. The van der Waals surface area contributed by atoms with Gasteiger partial charge in [0.1, 0.15) is 11.1 Å². The normalized spacial score (nSPS) is 11.8. The number of likely N-dealkylation sites (N-methyl/N-ethyl adjacent to an activating group) is 1. The predicted molar refractivity (Wildman–Crippen MR) is 96.5 cm³/mol. The topological polar surface area (TPSA) is 57.6 Å². The first-order valence-corrected chi connectivity index (χ1v) is 8.75. The van der Waals surface area contributed by atoms with E-state index in [0.717, 1.165) is 17.3 Å². The van der Waals surface area contributed by atoms with Gasteiger partial charge in [0.25, 0.3) is 5.91 Å². The van der Waals surface area contributed by atoms with Gasteiger partial charge in [-0.1, -0.05) is 24.3 Å². The number of aliphatic carboxylic acids is 1. The van der Waals surface area contributed by atoms with Crippen LogP contribution in [0.5, 0.6) is 0 Å². The van der Waals surface area contributed by atoms with Gasteiger partial charge in [-0.05, 0) is 43.2 Å². The van der Waals surface area contributed by atoms with E-state index in [1.54, 1.807) is 55.3 Å². The van der Waals surface area contributed by atoms with E-state index in [2.05, 4.69) is 0 Å². The molecule has 0 aliphatic carbocycles. The number of halogens is 1. The van der Waals surface area contributed by atoms with Gasteiger partial charge in [-0.25, -0.2) is 4.39 Å². The molecule has 0 radical (unpaired) electrons. The van der Waals surface area contributed by atoms with Crippen molar-refractivity contribution in [1.29, 1.82) is 0 Å². The maximum absolute atomic E-state index is 12.9. The average molecular weight is 361 g/mol. The van der Waals surface area contributed by atoms with E-state index in [9.17, 15) is 14.0 Å². The molecule has 0 spiro atoms. The Hall–Kier alpha value is -2.34. The van der Waals surface area contributed by atoms with Crippen molar-refractivity contribution in [3.8, 4) is 0 Å². The molecule has 1 amide bonds. The van der Waals surface area contributed by atoms with Gasteiger partial charge in [0.05, 0.1) is 5.56 Å². The number of thioether (sulfide) groups is 1. The van der Waals surface area contributed by atoms with Crippen LogP contribution in [0.1, 0.15) is 22.8 Å². The number of benzene rings is 2. The maximum Gasteiger partial charge on any atom is 0.316 e. The van der Waals surface area contributed by atoms with Crippen molar-refractivity contribution < 1.29 is 19.1 Å². The molecule has 25 heavy (non-hydrogen) atoms. The molecule has 0 saturated carbocycles. The Morgan fingerprint density at radius 2 is 1.80 bits per heavy atom. The molecule has 6 heteroatoms. The van der Waals surface area contributed by atoms with Crippen LogP contribution in [-0.4, -0.2) is 40.7 Å². The molecule has 2 rings (SSSR count). The molecule has 0 heterocycles. The molecule has 0 saturated heterocycles. The van der Waals surface area contributed by atoms with Gasteiger partial charge in [-0.3, -0.25) is 9.59 Å². The Morgan fingerprint density at radius 1 is 1.16 bits per heavy atom. The van der Waals surface area contributed by atoms with Crippen LogP contribution < -0.4 is 0 Å². The summed E-state index contributed by atoms with van der Waals surface area (Å²) in [6, 6.07) is 13.2. The molecule has 4 nitrogen and oxygen atoms in total. The molecular weight excluding hydrogens is 341 g/mol. The van der Waals surface area contributed by atoms with Crippen molar-refractivity contribution in [2.75, 3.05) is 13.6 Å². The monoisotopic (exact) mass is 361 g/mol. The summed E-state index contributed by atoms with van der Waals surface area (Å²) in [5.74, 6) is -1.37. The van der Waals surface area contributed by atoms with E-state index in [1.807, 2.05) is 0 Å². The molecular formula is C19H20FNO3S. The number of nitrogens with zero attached hydrogens (tertiary/aromatic N) is 1. The van der Waals surface area contributed by atoms with Crippen LogP contribution in [0.25, 0.3) is 0 Å². The molecule has 2 aromatic rings. The highest BCUT2D eigenvalue weighted by Gasteiger charge is 2.19. The lowest BCUT2D eigenvalue weighted by Gasteiger charge is -2.19. The number of hydrogen-bond donors (Lipinski definition) is 1. The summed E-state index contributed by atoms with van der Waals surface area (Å²) in [6.45, 7) is 2.07. The summed E-state index contributed by atoms with van der Waals surface area (Å²) in [4.78, 5) is 26.0. The first-order valence-electron chi connectivity index (χ1n) is 7.87. The van der Waals surface area contributed by atoms with Crippen LogP contribution in [0, 0.1) is 5.82 Å². The molecule has 2 aromatic carbocycles. The second-order valence-electron chi connectivity index (χ2n) is 5.70. The third-order valence-corrected chi connectivity index (χ3v) is 4.93. The molecule has 0 aliphatic heterocycles. The van der Waals surface area contributed by atoms with Crippen LogP contribution >= 0.6 is 11.8 Å². The quantitative estimate of drug-likeness (QED) is 0.764. The molecule has 0 fully saturated rings. The van der Waals surface area contributed by atoms with Gasteiger partial charge < -0.3 is 10.0 Å². The second kappa shape index (κ2) is 8.67. The summed E-state index contributed by atoms with van der Waals surface area (Å²) in [6.07, 6.45) is 0.614. The van der Waals surface area contributed by atoms with Gasteiger partial charge in [0.15, 0.2) is 0 Å². The Balaban J connectivity index is 2.06. The highest BCUT2D eigenvalue weighted by Crippen LogP contribution is 2.27. The second-order valence-corrected chi connectivity index (χ2v) is 7.08. The van der Waals surface area contributed by atoms with Crippen molar-refractivity contribution >= 4 is 23.6 Å². The summed E-state index contributed by atoms with van der Waals surface area (Å²) in [5, 5.41) is 8.43. The standard InChI is InChI=1S/C19H20FNO3S/c1-13(19(23)24)25-17-6-4-3-5-16(17)18(22)21(2)12-11-14-7-9-15(20)10-8-14/h3-10,13H,11-12H2,1-2H3,(H,23,24). The van der Waals surface area contributed by atoms with E-state index in [1.165, 1.54) is 12.1 Å². The van der Waals surface area contributed by atoms with Crippen molar-refractivity contribution in [1.82, 2.24) is 4.90 Å². The molecule has 0 aliphatic rings. The fourth-order valence-corrected chi connectivity index (χ4v) is 3.16. The molecule has 1 N–H and O–H groups in total. The zero-order chi connectivity index (χ0) is 18.4. The van der Waals surface area contributed by atoms with Crippen molar-refractivity contribution in [2.45, 2.75) is 23.5 Å². The summed E-state index contributed by atoms with van der Waals surface area (Å²) in [7, 11) is 1.70. The minimum absolute atomic E-state index is 0.164. The first-order chi connectivity index (χ1) is 11.9. The van der Waals surface area contributed by atoms with Crippen LogP contribution in [0.4, 0.5) is 4.39 Å². The van der Waals surface area contributed by atoms with Gasteiger partial charge >= 0.3 is 5.97 Å². The fourth-order valence-electron chi connectivity index (χ4n) is 2.24. The van der Waals surface area contributed by atoms with Crippen LogP contribution in [0.3, 0.4) is 0 Å². The van der Waals surface area contributed by atoms with Gasteiger partial charge in [-0.15, -0.1) is 11.8 Å². The Bertz CT molecular complexity index is 749. The highest BCUT2D eigenvalue weighted by atomic mass is 32.2. The average Bonchev–Trinajstić information content (AvgIpc) is 2.60. The predicted octanol–water partition coefficient (Wildman–Crippen LogP) is 3.71. The molecule has 0 aromatic heterocycles. The van der Waals surface area contributed by atoms with Crippen LogP contribution in [-0.2, 0) is 11.2 Å². The molecule has 0 bridgehead atoms. The summed E-state index contributed by atoms with van der Waals surface area (Å²) >= 11 is 1.15. The first kappa shape index (κ1) is 19.0. The lowest BCUT2D eigenvalue weighted by Crippen LogP contribution is -2.29. The number of carbonyl (C=O) groups is 2. The van der Waals surface area contributed by atoms with Crippen molar-refractivity contribution in [3.63, 3.8) is 0 Å². The zero-order valence-electron chi connectivity index (χ0n) is 14.1. The highest BCUT2D eigenvalue weighted by molar-refractivity contribution is 8.00. The van der Waals surface area contributed by atoms with E-state index in [0.29, 0.717) is 23.4 Å². The zero-order valence-corrected chi connectivity index (χ0v) is 14.9. The molecule has 1 atom stereocenters. The fraction of sp³-hybridized carbons (Fsp3) is 0.263. The SMILES string of the molecule is CC(Sc1ccccc1C(=O)N(C)CCc1ccc(F)cc1)C(=O)O. The Kier molecular flexibility index (Phi) is 6.58. The minimum Gasteiger partial charge on any atom is -0.480 e. The summed E-state index contributed by atoms with van der Waals surface area (Å²) < 4.78 is 12.9. The molecule has 1 unspecified atom stereocenters. The van der Waals surface area contributed by atoms with Crippen molar-refractivity contribution in [2.24, 2.45) is 0 Å². The lowest BCUT2D eigenvalue weighted by atomic mass is 10.1. The largest absolute Gasteiger partial charge is 0.480 e. The number of carboxylic acid groups (broad SMARTS) is 1. The number of hydrogen-bond acceptors (Lipinski definition) is 3. The Morgan fingerprint density at radius 3 is 2.44 bits per heavy atom. The smallest absolute Gasteiger partial charge is 0.316 e. The third-order valence-electron chi connectivity index (χ3n) is 3.76. The Labute approximate surface area is 150 Å². The van der Waals surface area contributed by atoms with Crippen LogP contribution in [0.2, 0.25) is 0 Å². The van der Waals surface area contributed by atoms with Gasteiger partial charge in [0, 0.05) is 18.5 Å². The lowest BCUT2D eigenvalue weighted by molar-refractivity contribution is -0.136. The van der Waals surface area contributed by atoms with E-state index in [4.69, 9.17) is 5.11 Å². The van der Waals surface area contributed by atoms with E-state index < -0.39 is 11.2 Å². The third kappa shape index (κ3) is 5.32. The number of rotatable bonds is 7. The van der Waals surface area contributed by atoms with Gasteiger partial charge in [-0.2, -0.15) is 0 Å². The van der Waals surface area contributed by atoms with Crippen molar-refractivity contribution in [3.05, 3.63) is 65.5 Å². The van der Waals surface area contributed by atoms with Gasteiger partial charge in [0.2, 0.25) is 0 Å². The number of carbonyl (C=O) groups excluding carboxylic acids is 1. The molecule has 132 valence electrons. The van der Waals surface area contributed by atoms with E-state index in [-0.39, 0.29) is 11.7 Å². The minimum atomic E-state index is -0.920. The van der Waals surface area contributed by atoms with Crippen LogP contribution in [0.15, 0.2) is 53.4 Å². The van der Waals surface area contributed by atoms with E-state index >= 15 is 0 Å². The summed E-state index contributed by atoms with van der Waals surface area (Å²) in [5.41, 5.74) is 1.44.